The summed E-state index contributed by atoms with van der Waals surface area (Å²) in [5.41, 5.74) is 0. The molecular weight excluding hydrogens is 198 g/mol. The molecule has 1 aliphatic rings. The molecule has 1 fully saturated rings. The Bertz CT molecular complexity index is 285. The van der Waals surface area contributed by atoms with E-state index in [0.29, 0.717) is 6.42 Å². The molecule has 0 aliphatic carbocycles. The highest BCUT2D eigenvalue weighted by atomic mass is 32.2. The summed E-state index contributed by atoms with van der Waals surface area (Å²) in [5, 5.41) is -0.378. The van der Waals surface area contributed by atoms with Gasteiger partial charge in [0.15, 0.2) is 9.84 Å². The van der Waals surface area contributed by atoms with Gasteiger partial charge in [0.05, 0.1) is 11.5 Å². The highest BCUT2D eigenvalue weighted by Crippen LogP contribution is 2.17. The van der Waals surface area contributed by atoms with E-state index in [1.54, 1.807) is 7.05 Å². The third-order valence-corrected chi connectivity index (χ3v) is 4.12. The van der Waals surface area contributed by atoms with E-state index in [-0.39, 0.29) is 22.8 Å². The van der Waals surface area contributed by atoms with Crippen LogP contribution in [0.15, 0.2) is 0 Å². The Kier molecular flexibility index (Phi) is 2.67. The fourth-order valence-corrected chi connectivity index (χ4v) is 3.17. The molecule has 0 aromatic rings. The monoisotopic (exact) mass is 209 g/mol. The molecular formula is C6H11NO3S2. The molecule has 70 valence electrons. The molecule has 0 unspecified atom stereocenters. The quantitative estimate of drug-likeness (QED) is 0.626. The van der Waals surface area contributed by atoms with Gasteiger partial charge in [-0.05, 0) is 6.42 Å². The van der Waals surface area contributed by atoms with Crippen LogP contribution in [0, 0.1) is 0 Å². The first-order valence-corrected chi connectivity index (χ1v) is 5.85. The van der Waals surface area contributed by atoms with E-state index in [4.69, 9.17) is 0 Å². The number of hydrogen-bond donors (Lipinski definition) is 1. The molecule has 12 heavy (non-hydrogen) atoms. The second-order valence-corrected chi connectivity index (χ2v) is 5.56. The molecule has 1 amide bonds. The lowest BCUT2D eigenvalue weighted by Crippen LogP contribution is -2.34. The summed E-state index contributed by atoms with van der Waals surface area (Å²) in [7, 11) is -1.33. The number of hydrogen-bond acceptors (Lipinski definition) is 3. The first-order chi connectivity index (χ1) is 5.42. The van der Waals surface area contributed by atoms with E-state index >= 15 is 0 Å². The zero-order chi connectivity index (χ0) is 9.35. The van der Waals surface area contributed by atoms with Gasteiger partial charge in [0.1, 0.15) is 0 Å². The van der Waals surface area contributed by atoms with Crippen LogP contribution >= 0.6 is 12.6 Å². The number of carbonyl (C=O) groups excluding carboxylic acids is 1. The van der Waals surface area contributed by atoms with Crippen molar-refractivity contribution in [1.82, 2.24) is 4.90 Å². The third kappa shape index (κ3) is 2.13. The van der Waals surface area contributed by atoms with Gasteiger partial charge in [0, 0.05) is 13.1 Å². The minimum Gasteiger partial charge on any atom is -0.333 e. The molecule has 0 bridgehead atoms. The molecule has 1 saturated heterocycles. The topological polar surface area (TPSA) is 54.5 Å². The number of carbonyl (C=O) groups is 1. The second kappa shape index (κ2) is 3.26. The van der Waals surface area contributed by atoms with Gasteiger partial charge in [-0.15, -0.1) is 0 Å². The lowest BCUT2D eigenvalue weighted by molar-refractivity contribution is 0.221. The zero-order valence-electron chi connectivity index (χ0n) is 6.73. The molecule has 0 radical (unpaired) electrons. The minimum atomic E-state index is -2.90. The Hall–Kier alpha value is -0.230. The van der Waals surface area contributed by atoms with E-state index in [2.05, 4.69) is 12.6 Å². The minimum absolute atomic E-state index is 0.0792. The van der Waals surface area contributed by atoms with Crippen molar-refractivity contribution in [3.63, 3.8) is 0 Å². The number of sulfone groups is 1. The number of thiol groups is 1. The van der Waals surface area contributed by atoms with E-state index in [1.165, 1.54) is 4.90 Å². The summed E-state index contributed by atoms with van der Waals surface area (Å²) in [4.78, 5) is 12.1. The van der Waals surface area contributed by atoms with Crippen LogP contribution in [-0.2, 0) is 9.84 Å². The summed E-state index contributed by atoms with van der Waals surface area (Å²) in [6, 6.07) is -0.181. The van der Waals surface area contributed by atoms with Crippen LogP contribution in [0.2, 0.25) is 0 Å². The first kappa shape index (κ1) is 9.85. The van der Waals surface area contributed by atoms with Gasteiger partial charge in [0.2, 0.25) is 0 Å². The fraction of sp³-hybridized carbons (Fsp3) is 0.833. The highest BCUT2D eigenvalue weighted by Gasteiger charge is 2.31. The van der Waals surface area contributed by atoms with Crippen LogP contribution in [0.3, 0.4) is 0 Å². The van der Waals surface area contributed by atoms with Gasteiger partial charge in [0.25, 0.3) is 5.24 Å². The lowest BCUT2D eigenvalue weighted by atomic mass is 10.2. The van der Waals surface area contributed by atoms with Crippen molar-refractivity contribution in [2.24, 2.45) is 0 Å². The number of rotatable bonds is 1. The Labute approximate surface area is 77.3 Å². The first-order valence-electron chi connectivity index (χ1n) is 3.58. The van der Waals surface area contributed by atoms with Crippen molar-refractivity contribution < 1.29 is 13.2 Å². The maximum absolute atomic E-state index is 11.0. The summed E-state index contributed by atoms with van der Waals surface area (Å²) in [5.74, 6) is 0.263. The van der Waals surface area contributed by atoms with E-state index in [0.717, 1.165) is 0 Å². The second-order valence-electron chi connectivity index (χ2n) is 2.95. The molecule has 1 atom stereocenters. The molecule has 1 rings (SSSR count). The van der Waals surface area contributed by atoms with Crippen LogP contribution in [0.1, 0.15) is 6.42 Å². The average Bonchev–Trinajstić information content (AvgIpc) is 2.28. The van der Waals surface area contributed by atoms with Gasteiger partial charge in [-0.2, -0.15) is 0 Å². The third-order valence-electron chi connectivity index (χ3n) is 2.06. The van der Waals surface area contributed by atoms with Crippen LogP contribution in [0.5, 0.6) is 0 Å². The summed E-state index contributed by atoms with van der Waals surface area (Å²) < 4.78 is 22.0. The molecule has 0 aromatic heterocycles. The van der Waals surface area contributed by atoms with Crippen molar-refractivity contribution in [2.75, 3.05) is 18.6 Å². The van der Waals surface area contributed by atoms with E-state index in [1.807, 2.05) is 0 Å². The predicted octanol–water partition coefficient (Wildman–Crippen LogP) is 0.155. The van der Waals surface area contributed by atoms with Gasteiger partial charge in [-0.1, -0.05) is 12.6 Å². The van der Waals surface area contributed by atoms with Gasteiger partial charge in [-0.25, -0.2) is 8.42 Å². The SMILES string of the molecule is CN(C(=O)S)[C@@H]1CCS(=O)(=O)C1. The lowest BCUT2D eigenvalue weighted by Gasteiger charge is -2.20. The van der Waals surface area contributed by atoms with Crippen LogP contribution in [-0.4, -0.2) is 43.2 Å². The smallest absolute Gasteiger partial charge is 0.278 e. The molecule has 0 aromatic carbocycles. The van der Waals surface area contributed by atoms with Crippen LogP contribution < -0.4 is 0 Å². The van der Waals surface area contributed by atoms with Crippen molar-refractivity contribution in [3.8, 4) is 0 Å². The van der Waals surface area contributed by atoms with Crippen molar-refractivity contribution >= 4 is 27.7 Å². The Morgan fingerprint density at radius 1 is 1.58 bits per heavy atom. The van der Waals surface area contributed by atoms with Crippen molar-refractivity contribution in [2.45, 2.75) is 12.5 Å². The molecule has 6 heteroatoms. The van der Waals surface area contributed by atoms with Crippen LogP contribution in [0.25, 0.3) is 0 Å². The maximum Gasteiger partial charge on any atom is 0.278 e. The Balaban J connectivity index is 2.64. The summed E-state index contributed by atoms with van der Waals surface area (Å²) in [6.07, 6.45) is 0.533. The molecule has 1 heterocycles. The molecule has 0 spiro atoms. The van der Waals surface area contributed by atoms with Crippen molar-refractivity contribution in [1.29, 1.82) is 0 Å². The predicted molar refractivity (Wildman–Crippen MR) is 49.2 cm³/mol. The number of amides is 1. The molecule has 4 nitrogen and oxygen atoms in total. The fourth-order valence-electron chi connectivity index (χ4n) is 1.24. The highest BCUT2D eigenvalue weighted by molar-refractivity contribution is 7.96. The Morgan fingerprint density at radius 2 is 2.17 bits per heavy atom. The number of nitrogens with zero attached hydrogens (tertiary/aromatic N) is 1. The standard InChI is InChI=1S/C6H11NO3S2/c1-7(6(8)11)5-2-3-12(9,10)4-5/h5H,2-4H2,1H3,(H,8,11)/t5-/m1/s1. The Morgan fingerprint density at radius 3 is 2.50 bits per heavy atom. The molecule has 0 saturated carbocycles. The van der Waals surface area contributed by atoms with Gasteiger partial charge in [-0.3, -0.25) is 4.79 Å². The van der Waals surface area contributed by atoms with Crippen molar-refractivity contribution in [3.05, 3.63) is 0 Å². The average molecular weight is 209 g/mol. The normalized spacial score (nSPS) is 27.0. The largest absolute Gasteiger partial charge is 0.333 e. The molecule has 0 N–H and O–H groups in total. The maximum atomic E-state index is 11.0. The molecule has 1 aliphatic heterocycles. The van der Waals surface area contributed by atoms with Gasteiger partial charge >= 0.3 is 0 Å². The van der Waals surface area contributed by atoms with E-state index in [9.17, 15) is 13.2 Å². The summed E-state index contributed by atoms with van der Waals surface area (Å²) >= 11 is 3.62. The zero-order valence-corrected chi connectivity index (χ0v) is 8.44. The van der Waals surface area contributed by atoms with Gasteiger partial charge < -0.3 is 4.90 Å². The summed E-state index contributed by atoms with van der Waals surface area (Å²) in [6.45, 7) is 0. The van der Waals surface area contributed by atoms with E-state index < -0.39 is 9.84 Å². The van der Waals surface area contributed by atoms with Crippen LogP contribution in [0.4, 0.5) is 4.79 Å².